The van der Waals surface area contributed by atoms with E-state index < -0.39 is 0 Å². The van der Waals surface area contributed by atoms with Gasteiger partial charge in [-0.15, -0.1) is 0 Å². The van der Waals surface area contributed by atoms with E-state index in [1.807, 2.05) is 30.0 Å². The molecule has 1 N–H and O–H groups in total. The Balaban J connectivity index is 1.97. The quantitative estimate of drug-likeness (QED) is 0.760. The van der Waals surface area contributed by atoms with Gasteiger partial charge in [0.2, 0.25) is 0 Å². The van der Waals surface area contributed by atoms with Crippen molar-refractivity contribution in [3.05, 3.63) is 27.7 Å². The molecule has 0 saturated carbocycles. The molecule has 5 heteroatoms. The van der Waals surface area contributed by atoms with Crippen LogP contribution >= 0.6 is 39.3 Å². The number of hydrogen-bond donors (Lipinski definition) is 1. The zero-order valence-corrected chi connectivity index (χ0v) is 14.5. The Morgan fingerprint density at radius 1 is 1.47 bits per heavy atom. The van der Waals surface area contributed by atoms with Crippen LogP contribution in [0, 0.1) is 5.41 Å². The van der Waals surface area contributed by atoms with Crippen LogP contribution in [0.3, 0.4) is 0 Å². The molecule has 0 aromatic heterocycles. The summed E-state index contributed by atoms with van der Waals surface area (Å²) < 4.78 is 0.888. The lowest BCUT2D eigenvalue weighted by Gasteiger charge is -2.21. The van der Waals surface area contributed by atoms with E-state index in [9.17, 15) is 0 Å². The number of amidine groups is 1. The maximum atomic E-state index is 6.08. The summed E-state index contributed by atoms with van der Waals surface area (Å²) in [6.45, 7) is 7.70. The molecule has 0 spiro atoms. The van der Waals surface area contributed by atoms with Crippen LogP contribution in [0.4, 0.5) is 5.69 Å². The molecule has 1 aliphatic heterocycles. The summed E-state index contributed by atoms with van der Waals surface area (Å²) in [5.74, 6) is 0. The predicted molar refractivity (Wildman–Crippen MR) is 90.5 cm³/mol. The van der Waals surface area contributed by atoms with E-state index in [1.165, 1.54) is 6.42 Å². The normalized spacial score (nSPS) is 19.4. The van der Waals surface area contributed by atoms with Gasteiger partial charge in [0.05, 0.1) is 21.7 Å². The van der Waals surface area contributed by atoms with Crippen LogP contribution in [0.5, 0.6) is 0 Å². The average Bonchev–Trinajstić information content (AvgIpc) is 2.70. The Bertz CT molecular complexity index is 497. The standard InChI is InChI=1S/C14H18BrClN2S/c1-14(2,3)7-9-8-17-13(19-9)18-11-6-4-5-10(16)12(11)15/h4-6,9H,7-8H2,1-3H3,(H,17,18). The molecule has 0 bridgehead atoms. The fourth-order valence-electron chi connectivity index (χ4n) is 1.99. The molecule has 19 heavy (non-hydrogen) atoms. The number of nitrogens with one attached hydrogen (secondary N) is 1. The van der Waals surface area contributed by atoms with Crippen LogP contribution in [0.15, 0.2) is 27.7 Å². The molecule has 0 amide bonds. The Morgan fingerprint density at radius 2 is 2.21 bits per heavy atom. The number of rotatable bonds is 2. The smallest absolute Gasteiger partial charge is 0.161 e. The van der Waals surface area contributed by atoms with Crippen LogP contribution in [-0.4, -0.2) is 17.0 Å². The monoisotopic (exact) mass is 360 g/mol. The lowest BCUT2D eigenvalue weighted by Crippen LogP contribution is -2.16. The highest BCUT2D eigenvalue weighted by Gasteiger charge is 2.25. The summed E-state index contributed by atoms with van der Waals surface area (Å²) in [6, 6.07) is 5.79. The second-order valence-electron chi connectivity index (χ2n) is 5.88. The summed E-state index contributed by atoms with van der Waals surface area (Å²) in [5.41, 5.74) is 1.31. The van der Waals surface area contributed by atoms with Gasteiger partial charge in [-0.05, 0) is 39.9 Å². The molecule has 104 valence electrons. The Kier molecular flexibility index (Phi) is 4.85. The van der Waals surface area contributed by atoms with E-state index in [0.717, 1.165) is 21.9 Å². The fourth-order valence-corrected chi connectivity index (χ4v) is 3.89. The van der Waals surface area contributed by atoms with Crippen molar-refractivity contribution in [2.75, 3.05) is 11.9 Å². The molecular weight excluding hydrogens is 344 g/mol. The van der Waals surface area contributed by atoms with E-state index in [1.54, 1.807) is 0 Å². The van der Waals surface area contributed by atoms with E-state index in [0.29, 0.717) is 15.7 Å². The maximum Gasteiger partial charge on any atom is 0.161 e. The van der Waals surface area contributed by atoms with Gasteiger partial charge in [0.25, 0.3) is 0 Å². The van der Waals surface area contributed by atoms with Crippen molar-refractivity contribution < 1.29 is 0 Å². The fraction of sp³-hybridized carbons (Fsp3) is 0.500. The van der Waals surface area contributed by atoms with E-state index in [4.69, 9.17) is 11.6 Å². The highest BCUT2D eigenvalue weighted by molar-refractivity contribution is 9.10. The van der Waals surface area contributed by atoms with E-state index in [2.05, 4.69) is 47.0 Å². The van der Waals surface area contributed by atoms with Gasteiger partial charge in [-0.3, -0.25) is 4.99 Å². The van der Waals surface area contributed by atoms with Crippen LogP contribution in [0.2, 0.25) is 5.02 Å². The number of hydrogen-bond acceptors (Lipinski definition) is 3. The number of halogens is 2. The zero-order valence-electron chi connectivity index (χ0n) is 11.3. The van der Waals surface area contributed by atoms with Gasteiger partial charge in [-0.1, -0.05) is 50.2 Å². The van der Waals surface area contributed by atoms with Gasteiger partial charge < -0.3 is 5.32 Å². The van der Waals surface area contributed by atoms with Crippen LogP contribution < -0.4 is 5.32 Å². The molecule has 0 saturated heterocycles. The first-order valence-corrected chi connectivity index (χ1v) is 8.32. The highest BCUT2D eigenvalue weighted by Crippen LogP contribution is 2.35. The summed E-state index contributed by atoms with van der Waals surface area (Å²) in [6.07, 6.45) is 1.17. The van der Waals surface area contributed by atoms with Gasteiger partial charge in [-0.25, -0.2) is 0 Å². The van der Waals surface area contributed by atoms with Gasteiger partial charge in [0.1, 0.15) is 0 Å². The first kappa shape index (κ1) is 15.2. The second-order valence-corrected chi connectivity index (χ2v) is 8.37. The Hall–Kier alpha value is -0.190. The highest BCUT2D eigenvalue weighted by atomic mass is 79.9. The number of nitrogens with zero attached hydrogens (tertiary/aromatic N) is 1. The van der Waals surface area contributed by atoms with Crippen molar-refractivity contribution in [2.24, 2.45) is 10.4 Å². The number of benzene rings is 1. The SMILES string of the molecule is CC(C)(C)CC1CN=C(Nc2cccc(Cl)c2Br)S1. The van der Waals surface area contributed by atoms with Crippen molar-refractivity contribution in [3.63, 3.8) is 0 Å². The summed E-state index contributed by atoms with van der Waals surface area (Å²) in [7, 11) is 0. The molecular formula is C14H18BrClN2S. The molecule has 2 nitrogen and oxygen atoms in total. The molecule has 1 aromatic carbocycles. The predicted octanol–water partition coefficient (Wildman–Crippen LogP) is 5.42. The third-order valence-corrected chi connectivity index (χ3v) is 5.25. The number of anilines is 1. The van der Waals surface area contributed by atoms with E-state index >= 15 is 0 Å². The third kappa shape index (κ3) is 4.40. The zero-order chi connectivity index (χ0) is 14.0. The molecule has 0 fully saturated rings. The summed E-state index contributed by atoms with van der Waals surface area (Å²) in [4.78, 5) is 4.57. The molecule has 1 aliphatic rings. The van der Waals surface area contributed by atoms with Gasteiger partial charge in [0, 0.05) is 5.25 Å². The van der Waals surface area contributed by atoms with Crippen molar-refractivity contribution in [1.82, 2.24) is 0 Å². The van der Waals surface area contributed by atoms with Crippen molar-refractivity contribution in [1.29, 1.82) is 0 Å². The molecule has 2 rings (SSSR count). The largest absolute Gasteiger partial charge is 0.334 e. The molecule has 1 atom stereocenters. The molecule has 1 unspecified atom stereocenters. The van der Waals surface area contributed by atoms with Crippen LogP contribution in [0.1, 0.15) is 27.2 Å². The third-order valence-electron chi connectivity index (χ3n) is 2.75. The summed E-state index contributed by atoms with van der Waals surface area (Å²) >= 11 is 11.4. The maximum absolute atomic E-state index is 6.08. The lowest BCUT2D eigenvalue weighted by molar-refractivity contribution is 0.375. The van der Waals surface area contributed by atoms with Crippen molar-refractivity contribution >= 4 is 50.1 Å². The molecule has 1 aromatic rings. The molecule has 0 aliphatic carbocycles. The number of aliphatic imine (C=N–C) groups is 1. The van der Waals surface area contributed by atoms with Gasteiger partial charge in [-0.2, -0.15) is 0 Å². The first-order chi connectivity index (χ1) is 8.85. The average molecular weight is 362 g/mol. The Morgan fingerprint density at radius 3 is 2.89 bits per heavy atom. The van der Waals surface area contributed by atoms with Crippen molar-refractivity contribution in [2.45, 2.75) is 32.4 Å². The minimum Gasteiger partial charge on any atom is -0.334 e. The molecule has 0 radical (unpaired) electrons. The topological polar surface area (TPSA) is 24.4 Å². The van der Waals surface area contributed by atoms with Crippen LogP contribution in [-0.2, 0) is 0 Å². The molecule has 1 heterocycles. The van der Waals surface area contributed by atoms with Gasteiger partial charge in [0.15, 0.2) is 5.17 Å². The minimum atomic E-state index is 0.347. The number of thioether (sulfide) groups is 1. The lowest BCUT2D eigenvalue weighted by atomic mass is 9.90. The first-order valence-electron chi connectivity index (χ1n) is 6.27. The van der Waals surface area contributed by atoms with Gasteiger partial charge >= 0.3 is 0 Å². The van der Waals surface area contributed by atoms with Crippen LogP contribution in [0.25, 0.3) is 0 Å². The minimum absolute atomic E-state index is 0.347. The van der Waals surface area contributed by atoms with E-state index in [-0.39, 0.29) is 0 Å². The van der Waals surface area contributed by atoms with Crippen molar-refractivity contribution in [3.8, 4) is 0 Å². The summed E-state index contributed by atoms with van der Waals surface area (Å²) in [5, 5.41) is 5.61. The second kappa shape index (κ2) is 6.06. The Labute approximate surface area is 132 Å².